The van der Waals surface area contributed by atoms with Crippen LogP contribution in [0.25, 0.3) is 10.8 Å². The third kappa shape index (κ3) is 16.9. The summed E-state index contributed by atoms with van der Waals surface area (Å²) in [6, 6.07) is 33.9. The molecule has 70 heavy (non-hydrogen) atoms. The van der Waals surface area contributed by atoms with E-state index in [4.69, 9.17) is 40.0 Å². The molecular weight excluding hydrogens is 904 g/mol. The summed E-state index contributed by atoms with van der Waals surface area (Å²) < 4.78 is 34.1. The summed E-state index contributed by atoms with van der Waals surface area (Å²) >= 11 is 6.74. The van der Waals surface area contributed by atoms with Gasteiger partial charge in [0.15, 0.2) is 0 Å². The molecule has 0 aliphatic heterocycles. The van der Waals surface area contributed by atoms with Gasteiger partial charge in [0.2, 0.25) is 0 Å². The Labute approximate surface area is 416 Å². The molecule has 366 valence electrons. The average molecular weight is 968 g/mol. The first-order valence-electron chi connectivity index (χ1n) is 24.6. The quantitative estimate of drug-likeness (QED) is 0.0194. The predicted molar refractivity (Wildman–Crippen MR) is 275 cm³/mol. The van der Waals surface area contributed by atoms with Crippen LogP contribution in [0.5, 0.6) is 34.5 Å². The molecule has 0 bridgehead atoms. The summed E-state index contributed by atoms with van der Waals surface area (Å²) in [6.07, 6.45) is 21.1. The van der Waals surface area contributed by atoms with Gasteiger partial charge in [-0.2, -0.15) is 0 Å². The molecule has 0 N–H and O–H groups in total. The first-order valence-corrected chi connectivity index (χ1v) is 25.0. The minimum Gasteiger partial charge on any atom is -0.494 e. The van der Waals surface area contributed by atoms with Crippen LogP contribution in [0.1, 0.15) is 151 Å². The second-order valence-electron chi connectivity index (χ2n) is 17.1. The number of unbranched alkanes of at least 4 members (excludes halogenated alkanes) is 14. The summed E-state index contributed by atoms with van der Waals surface area (Å²) in [6.45, 7) is 7.25. The van der Waals surface area contributed by atoms with Gasteiger partial charge in [-0.15, -0.1) is 6.58 Å². The molecule has 0 radical (unpaired) electrons. The van der Waals surface area contributed by atoms with E-state index in [9.17, 15) is 19.2 Å². The summed E-state index contributed by atoms with van der Waals surface area (Å²) in [5.41, 5.74) is 1.15. The van der Waals surface area contributed by atoms with Gasteiger partial charge < -0.3 is 28.4 Å². The highest BCUT2D eigenvalue weighted by atomic mass is 35.5. The first kappa shape index (κ1) is 52.5. The van der Waals surface area contributed by atoms with Gasteiger partial charge in [0.1, 0.15) is 34.5 Å². The maximum absolute atomic E-state index is 13.2. The zero-order chi connectivity index (χ0) is 49.3. The SMILES string of the molecule is C=CCCCCCCCCCOc1ccc(C(=O)Oc2ccc(C(=O)Oc3ccc4ccc(OC(=O)c5ccc(OC(=O)c6ccc(OCCCCCCCCCC)cc6)cc5)cc4c3Cl)cc2)cc1. The Balaban J connectivity index is 0.929. The van der Waals surface area contributed by atoms with Crippen LogP contribution in [0.15, 0.2) is 140 Å². The van der Waals surface area contributed by atoms with Gasteiger partial charge in [-0.3, -0.25) is 0 Å². The topological polar surface area (TPSA) is 124 Å². The number of allylic oxidation sites excluding steroid dienone is 1. The van der Waals surface area contributed by atoms with Crippen molar-refractivity contribution in [3.63, 3.8) is 0 Å². The lowest BCUT2D eigenvalue weighted by Gasteiger charge is -2.11. The van der Waals surface area contributed by atoms with Gasteiger partial charge in [0, 0.05) is 5.39 Å². The third-order valence-corrected chi connectivity index (χ3v) is 12.1. The van der Waals surface area contributed by atoms with E-state index in [2.05, 4.69) is 13.5 Å². The number of halogens is 1. The van der Waals surface area contributed by atoms with Crippen LogP contribution in [-0.4, -0.2) is 37.1 Å². The van der Waals surface area contributed by atoms with Crippen LogP contribution in [0.3, 0.4) is 0 Å². The Hall–Kier alpha value is -6.91. The van der Waals surface area contributed by atoms with E-state index in [-0.39, 0.29) is 39.1 Å². The Bertz CT molecular complexity index is 2610. The largest absolute Gasteiger partial charge is 0.494 e. The fourth-order valence-electron chi connectivity index (χ4n) is 7.62. The number of esters is 4. The molecule has 0 spiro atoms. The Morgan fingerprint density at radius 3 is 1.23 bits per heavy atom. The van der Waals surface area contributed by atoms with Gasteiger partial charge in [-0.05, 0) is 146 Å². The zero-order valence-corrected chi connectivity index (χ0v) is 40.9. The molecule has 11 heteroatoms. The molecule has 0 aliphatic rings. The Kier molecular flexibility index (Phi) is 21.4. The Morgan fingerprint density at radius 1 is 0.429 bits per heavy atom. The monoisotopic (exact) mass is 966 g/mol. The molecule has 0 heterocycles. The number of hydrogen-bond acceptors (Lipinski definition) is 10. The molecule has 6 aromatic carbocycles. The van der Waals surface area contributed by atoms with E-state index in [1.54, 1.807) is 78.9 Å². The number of hydrogen-bond donors (Lipinski definition) is 0. The van der Waals surface area contributed by atoms with Crippen LogP contribution in [0.4, 0.5) is 0 Å². The van der Waals surface area contributed by atoms with Crippen molar-refractivity contribution in [3.8, 4) is 34.5 Å². The normalized spacial score (nSPS) is 10.9. The molecule has 0 unspecified atom stereocenters. The second-order valence-corrected chi connectivity index (χ2v) is 17.5. The molecule has 10 nitrogen and oxygen atoms in total. The highest BCUT2D eigenvalue weighted by molar-refractivity contribution is 6.37. The Morgan fingerprint density at radius 2 is 0.786 bits per heavy atom. The predicted octanol–water partition coefficient (Wildman–Crippen LogP) is 15.6. The van der Waals surface area contributed by atoms with Gasteiger partial charge in [-0.1, -0.05) is 114 Å². The van der Waals surface area contributed by atoms with Gasteiger partial charge in [0.05, 0.1) is 40.5 Å². The molecule has 6 rings (SSSR count). The molecule has 0 atom stereocenters. The van der Waals surface area contributed by atoms with Crippen molar-refractivity contribution in [1.82, 2.24) is 0 Å². The van der Waals surface area contributed by atoms with Crippen LogP contribution in [0.2, 0.25) is 5.02 Å². The molecular formula is C59H63ClO10. The van der Waals surface area contributed by atoms with Crippen LogP contribution < -0.4 is 28.4 Å². The third-order valence-electron chi connectivity index (χ3n) is 11.7. The fraction of sp³-hybridized carbons (Fsp3) is 0.322. The summed E-state index contributed by atoms with van der Waals surface area (Å²) in [5, 5.41) is 1.34. The minimum absolute atomic E-state index is 0.0968. The van der Waals surface area contributed by atoms with E-state index in [0.29, 0.717) is 41.2 Å². The maximum Gasteiger partial charge on any atom is 0.343 e. The van der Waals surface area contributed by atoms with Gasteiger partial charge in [-0.25, -0.2) is 19.2 Å². The number of carbonyl (C=O) groups is 4. The van der Waals surface area contributed by atoms with Crippen molar-refractivity contribution >= 4 is 46.3 Å². The zero-order valence-electron chi connectivity index (χ0n) is 40.1. The maximum atomic E-state index is 13.2. The molecule has 0 aliphatic carbocycles. The number of rotatable bonds is 29. The highest BCUT2D eigenvalue weighted by Crippen LogP contribution is 2.36. The van der Waals surface area contributed by atoms with Crippen LogP contribution >= 0.6 is 11.6 Å². The minimum atomic E-state index is -0.683. The van der Waals surface area contributed by atoms with Crippen molar-refractivity contribution in [3.05, 3.63) is 167 Å². The second kappa shape index (κ2) is 28.6. The average Bonchev–Trinajstić information content (AvgIpc) is 3.38. The lowest BCUT2D eigenvalue weighted by Crippen LogP contribution is -2.11. The van der Waals surface area contributed by atoms with E-state index >= 15 is 0 Å². The molecule has 0 fully saturated rings. The number of ether oxygens (including phenoxy) is 6. The van der Waals surface area contributed by atoms with E-state index in [1.165, 1.54) is 119 Å². The summed E-state index contributed by atoms with van der Waals surface area (Å²) in [7, 11) is 0. The van der Waals surface area contributed by atoms with Crippen molar-refractivity contribution in [2.24, 2.45) is 0 Å². The van der Waals surface area contributed by atoms with Crippen LogP contribution in [0, 0.1) is 0 Å². The first-order chi connectivity index (χ1) is 34.2. The summed E-state index contributed by atoms with van der Waals surface area (Å²) in [5.74, 6) is -0.217. The van der Waals surface area contributed by atoms with Crippen LogP contribution in [-0.2, 0) is 0 Å². The molecule has 0 amide bonds. The highest BCUT2D eigenvalue weighted by Gasteiger charge is 2.17. The summed E-state index contributed by atoms with van der Waals surface area (Å²) in [4.78, 5) is 52.0. The lowest BCUT2D eigenvalue weighted by atomic mass is 10.1. The number of fused-ring (bicyclic) bond motifs is 1. The van der Waals surface area contributed by atoms with E-state index in [1.807, 2.05) is 6.08 Å². The lowest BCUT2D eigenvalue weighted by molar-refractivity contribution is 0.0720. The number of carbonyl (C=O) groups excluding carboxylic acids is 4. The molecule has 6 aromatic rings. The smallest absolute Gasteiger partial charge is 0.343 e. The fourth-order valence-corrected chi connectivity index (χ4v) is 7.89. The van der Waals surface area contributed by atoms with Crippen molar-refractivity contribution in [2.45, 2.75) is 110 Å². The van der Waals surface area contributed by atoms with Crippen molar-refractivity contribution in [1.29, 1.82) is 0 Å². The molecule has 0 aromatic heterocycles. The molecule has 0 saturated carbocycles. The van der Waals surface area contributed by atoms with Gasteiger partial charge in [0.25, 0.3) is 0 Å². The standard InChI is InChI=1S/C59H63ClO10/c1-3-5-7-9-11-13-15-17-19-41-66-49-32-23-45(24-33-49)57(62)68-51-36-27-47(28-37-51)59(64)70-54-39-29-43-20-38-52(42-53(43)55(54)60)69-58(63)46-25-34-50(35-26-46)67-56(61)44-21-30-48(31-22-44)65-40-18-16-14-12-10-8-6-4-2/h3,20-39,42H,1,4-19,40-41H2,2H3. The molecule has 0 saturated heterocycles. The van der Waals surface area contributed by atoms with E-state index < -0.39 is 23.9 Å². The van der Waals surface area contributed by atoms with Gasteiger partial charge >= 0.3 is 23.9 Å². The van der Waals surface area contributed by atoms with Crippen molar-refractivity contribution < 1.29 is 47.6 Å². The van der Waals surface area contributed by atoms with Crippen molar-refractivity contribution in [2.75, 3.05) is 13.2 Å². The number of benzene rings is 6. The van der Waals surface area contributed by atoms with E-state index in [0.717, 1.165) is 37.5 Å².